The molecule has 0 aliphatic rings. The van der Waals surface area contributed by atoms with Crippen LogP contribution >= 0.6 is 0 Å². The van der Waals surface area contributed by atoms with Crippen LogP contribution in [0.1, 0.15) is 39.2 Å². The first-order chi connectivity index (χ1) is 15.9. The Bertz CT molecular complexity index is 1130. The van der Waals surface area contributed by atoms with E-state index in [-0.39, 0.29) is 17.9 Å². The maximum atomic E-state index is 13.3. The summed E-state index contributed by atoms with van der Waals surface area (Å²) in [5.41, 5.74) is 2.45. The molecule has 0 aromatic heterocycles. The van der Waals surface area contributed by atoms with Gasteiger partial charge in [0.05, 0.1) is 32.9 Å². The van der Waals surface area contributed by atoms with Gasteiger partial charge in [0, 0.05) is 18.3 Å². The van der Waals surface area contributed by atoms with E-state index in [0.29, 0.717) is 34.1 Å². The molecule has 0 saturated heterocycles. The van der Waals surface area contributed by atoms with E-state index in [1.165, 1.54) is 21.3 Å². The molecule has 1 atom stereocenters. The number of hydrogen-bond acceptors (Lipinski definition) is 5. The summed E-state index contributed by atoms with van der Waals surface area (Å²) in [6.07, 6.45) is 0. The summed E-state index contributed by atoms with van der Waals surface area (Å²) in [5.74, 6) is 0.713. The Hall–Kier alpha value is -4.00. The number of methoxy groups -OCH3 is 3. The molecule has 7 nitrogen and oxygen atoms in total. The van der Waals surface area contributed by atoms with Gasteiger partial charge >= 0.3 is 0 Å². The van der Waals surface area contributed by atoms with Crippen molar-refractivity contribution in [2.75, 3.05) is 33.7 Å². The zero-order valence-electron chi connectivity index (χ0n) is 19.4. The number of benzene rings is 3. The maximum Gasteiger partial charge on any atom is 0.258 e. The van der Waals surface area contributed by atoms with Crippen molar-refractivity contribution in [1.82, 2.24) is 4.90 Å². The Labute approximate surface area is 193 Å². The molecule has 3 aromatic carbocycles. The highest BCUT2D eigenvalue weighted by Crippen LogP contribution is 2.40. The monoisotopic (exact) mass is 448 g/mol. The van der Waals surface area contributed by atoms with E-state index in [2.05, 4.69) is 5.32 Å². The van der Waals surface area contributed by atoms with Crippen molar-refractivity contribution < 1.29 is 23.8 Å². The van der Waals surface area contributed by atoms with Gasteiger partial charge in [-0.15, -0.1) is 0 Å². The lowest BCUT2D eigenvalue weighted by molar-refractivity contribution is 0.0738. The third-order valence-electron chi connectivity index (χ3n) is 5.50. The van der Waals surface area contributed by atoms with E-state index in [4.69, 9.17) is 14.2 Å². The number of hydrogen-bond donors (Lipinski definition) is 1. The molecule has 3 rings (SSSR count). The molecule has 0 fully saturated rings. The molecular formula is C26H28N2O5. The third-order valence-corrected chi connectivity index (χ3v) is 5.50. The molecule has 0 bridgehead atoms. The SMILES string of the molecule is COc1ccc(C(=O)N(C)C(C)c2cccc(NC(=O)c3ccccc3)c2)c(OC)c1OC. The molecule has 172 valence electrons. The lowest BCUT2D eigenvalue weighted by Crippen LogP contribution is -2.30. The second kappa shape index (κ2) is 10.5. The van der Waals surface area contributed by atoms with Gasteiger partial charge in [-0.05, 0) is 48.9 Å². The van der Waals surface area contributed by atoms with Gasteiger partial charge < -0.3 is 24.4 Å². The predicted molar refractivity (Wildman–Crippen MR) is 127 cm³/mol. The average Bonchev–Trinajstić information content (AvgIpc) is 2.86. The summed E-state index contributed by atoms with van der Waals surface area (Å²) in [4.78, 5) is 27.4. The molecule has 1 unspecified atom stereocenters. The number of nitrogens with zero attached hydrogens (tertiary/aromatic N) is 1. The Balaban J connectivity index is 1.83. The molecular weight excluding hydrogens is 420 g/mol. The van der Waals surface area contributed by atoms with Crippen molar-refractivity contribution in [2.24, 2.45) is 0 Å². The summed E-state index contributed by atoms with van der Waals surface area (Å²) in [6, 6.07) is 19.5. The van der Waals surface area contributed by atoms with E-state index in [1.54, 1.807) is 36.2 Å². The first kappa shape index (κ1) is 23.7. The highest BCUT2D eigenvalue weighted by molar-refractivity contribution is 6.04. The molecule has 0 saturated carbocycles. The van der Waals surface area contributed by atoms with Crippen molar-refractivity contribution in [3.8, 4) is 17.2 Å². The Kier molecular flexibility index (Phi) is 7.56. The third kappa shape index (κ3) is 5.09. The van der Waals surface area contributed by atoms with Crippen LogP contribution in [0, 0.1) is 0 Å². The number of rotatable bonds is 8. The van der Waals surface area contributed by atoms with Gasteiger partial charge in [-0.2, -0.15) is 0 Å². The molecule has 3 aromatic rings. The van der Waals surface area contributed by atoms with Crippen LogP contribution in [0.3, 0.4) is 0 Å². The van der Waals surface area contributed by atoms with Crippen LogP contribution in [-0.2, 0) is 0 Å². The minimum absolute atomic E-state index is 0.195. The van der Waals surface area contributed by atoms with Gasteiger partial charge in [0.25, 0.3) is 11.8 Å². The van der Waals surface area contributed by atoms with Crippen molar-refractivity contribution in [1.29, 1.82) is 0 Å². The summed E-state index contributed by atoms with van der Waals surface area (Å²) >= 11 is 0. The zero-order valence-corrected chi connectivity index (χ0v) is 19.4. The molecule has 33 heavy (non-hydrogen) atoms. The molecule has 2 amide bonds. The van der Waals surface area contributed by atoms with Crippen LogP contribution in [0.4, 0.5) is 5.69 Å². The van der Waals surface area contributed by atoms with Gasteiger partial charge in [-0.1, -0.05) is 30.3 Å². The van der Waals surface area contributed by atoms with Crippen LogP contribution in [-0.4, -0.2) is 45.1 Å². The van der Waals surface area contributed by atoms with Gasteiger partial charge in [-0.25, -0.2) is 0 Å². The quantitative estimate of drug-likeness (QED) is 0.536. The Morgan fingerprint density at radius 1 is 0.848 bits per heavy atom. The number of carbonyl (C=O) groups excluding carboxylic acids is 2. The van der Waals surface area contributed by atoms with Crippen molar-refractivity contribution in [3.63, 3.8) is 0 Å². The molecule has 7 heteroatoms. The van der Waals surface area contributed by atoms with Crippen LogP contribution in [0.5, 0.6) is 17.2 Å². The Morgan fingerprint density at radius 3 is 2.18 bits per heavy atom. The first-order valence-electron chi connectivity index (χ1n) is 10.4. The molecule has 1 N–H and O–H groups in total. The van der Waals surface area contributed by atoms with E-state index in [1.807, 2.05) is 49.4 Å². The van der Waals surface area contributed by atoms with Crippen molar-refractivity contribution in [2.45, 2.75) is 13.0 Å². The Morgan fingerprint density at radius 2 is 1.55 bits per heavy atom. The minimum atomic E-state index is -0.274. The van der Waals surface area contributed by atoms with E-state index >= 15 is 0 Å². The lowest BCUT2D eigenvalue weighted by Gasteiger charge is -2.27. The number of amides is 2. The first-order valence-corrected chi connectivity index (χ1v) is 10.4. The van der Waals surface area contributed by atoms with Crippen molar-refractivity contribution in [3.05, 3.63) is 83.4 Å². The standard InChI is InChI=1S/C26H28N2O5/c1-17(19-12-9-13-20(16-19)27-25(29)18-10-7-6-8-11-18)28(2)26(30)21-14-15-22(31-3)24(33-5)23(21)32-4/h6-17H,1-5H3,(H,27,29). The predicted octanol–water partition coefficient (Wildman–Crippen LogP) is 4.80. The van der Waals surface area contributed by atoms with Gasteiger partial charge in [0.1, 0.15) is 0 Å². The molecule has 0 aliphatic carbocycles. The van der Waals surface area contributed by atoms with Crippen LogP contribution in [0.25, 0.3) is 0 Å². The largest absolute Gasteiger partial charge is 0.493 e. The molecule has 0 heterocycles. The van der Waals surface area contributed by atoms with Gasteiger partial charge in [0.15, 0.2) is 11.5 Å². The summed E-state index contributed by atoms with van der Waals surface area (Å²) in [5, 5.41) is 2.91. The fraction of sp³-hybridized carbons (Fsp3) is 0.231. The molecule has 0 aliphatic heterocycles. The number of ether oxygens (including phenoxy) is 3. The normalized spacial score (nSPS) is 11.3. The number of carbonyl (C=O) groups is 2. The maximum absolute atomic E-state index is 13.3. The second-order valence-electron chi connectivity index (χ2n) is 7.42. The van der Waals surface area contributed by atoms with Gasteiger partial charge in [-0.3, -0.25) is 9.59 Å². The number of nitrogens with one attached hydrogen (secondary N) is 1. The van der Waals surface area contributed by atoms with E-state index in [0.717, 1.165) is 5.56 Å². The highest BCUT2D eigenvalue weighted by Gasteiger charge is 2.26. The zero-order chi connectivity index (χ0) is 24.0. The van der Waals surface area contributed by atoms with Gasteiger partial charge in [0.2, 0.25) is 5.75 Å². The fourth-order valence-corrected chi connectivity index (χ4v) is 3.53. The van der Waals surface area contributed by atoms with Crippen LogP contribution in [0.2, 0.25) is 0 Å². The summed E-state index contributed by atoms with van der Waals surface area (Å²) < 4.78 is 16.2. The summed E-state index contributed by atoms with van der Waals surface area (Å²) in [7, 11) is 6.22. The van der Waals surface area contributed by atoms with Crippen LogP contribution < -0.4 is 19.5 Å². The topological polar surface area (TPSA) is 77.1 Å². The molecule has 0 spiro atoms. The number of anilines is 1. The lowest BCUT2D eigenvalue weighted by atomic mass is 10.0. The van der Waals surface area contributed by atoms with E-state index < -0.39 is 0 Å². The average molecular weight is 449 g/mol. The fourth-order valence-electron chi connectivity index (χ4n) is 3.53. The van der Waals surface area contributed by atoms with Crippen LogP contribution in [0.15, 0.2) is 66.7 Å². The van der Waals surface area contributed by atoms with E-state index in [9.17, 15) is 9.59 Å². The summed E-state index contributed by atoms with van der Waals surface area (Å²) in [6.45, 7) is 1.92. The molecule has 0 radical (unpaired) electrons. The van der Waals surface area contributed by atoms with Crippen molar-refractivity contribution >= 4 is 17.5 Å². The second-order valence-corrected chi connectivity index (χ2v) is 7.42. The highest BCUT2D eigenvalue weighted by atomic mass is 16.5. The smallest absolute Gasteiger partial charge is 0.258 e. The minimum Gasteiger partial charge on any atom is -0.493 e.